The third-order valence-corrected chi connectivity index (χ3v) is 4.33. The molecule has 1 aromatic carbocycles. The molecule has 0 saturated carbocycles. The number of carbonyl (C=O) groups is 1. The summed E-state index contributed by atoms with van der Waals surface area (Å²) in [4.78, 5) is 21.2. The second-order valence-corrected chi connectivity index (χ2v) is 7.00. The molecular weight excluding hydrogens is 367 g/mol. The minimum Gasteiger partial charge on any atom is -0.367 e. The fraction of sp³-hybridized carbons (Fsp3) is 0.333. The van der Waals surface area contributed by atoms with Crippen molar-refractivity contribution in [2.45, 2.75) is 31.6 Å². The largest absolute Gasteiger partial charge is 0.367 e. The van der Waals surface area contributed by atoms with Gasteiger partial charge in [0.25, 0.3) is 5.91 Å². The van der Waals surface area contributed by atoms with Crippen molar-refractivity contribution in [3.8, 4) is 0 Å². The second-order valence-electron chi connectivity index (χ2n) is 6.23. The minimum absolute atomic E-state index is 0.228. The molecule has 142 valence electrons. The van der Waals surface area contributed by atoms with E-state index in [1.54, 1.807) is 16.9 Å². The number of fused-ring (bicyclic) bond motifs is 1. The molecule has 3 rings (SSSR count). The molecule has 7 nitrogen and oxygen atoms in total. The van der Waals surface area contributed by atoms with Gasteiger partial charge in [-0.2, -0.15) is 5.10 Å². The molecule has 9 heteroatoms. The Bertz CT molecular complexity index is 958. The van der Waals surface area contributed by atoms with E-state index < -0.39 is 5.82 Å². The average molecular weight is 388 g/mol. The highest BCUT2D eigenvalue weighted by Crippen LogP contribution is 2.23. The van der Waals surface area contributed by atoms with E-state index in [1.807, 2.05) is 20.1 Å². The summed E-state index contributed by atoms with van der Waals surface area (Å²) in [6.45, 7) is 4.87. The highest BCUT2D eigenvalue weighted by Gasteiger charge is 2.14. The Labute approximate surface area is 160 Å². The maximum Gasteiger partial charge on any atom is 0.251 e. The molecule has 1 amide bonds. The van der Waals surface area contributed by atoms with Crippen molar-refractivity contribution < 1.29 is 9.18 Å². The van der Waals surface area contributed by atoms with Gasteiger partial charge >= 0.3 is 0 Å². The lowest BCUT2D eigenvalue weighted by molar-refractivity contribution is 0.0951. The highest BCUT2D eigenvalue weighted by atomic mass is 32.2. The van der Waals surface area contributed by atoms with Gasteiger partial charge in [0, 0.05) is 18.2 Å². The molecule has 27 heavy (non-hydrogen) atoms. The maximum absolute atomic E-state index is 13.2. The summed E-state index contributed by atoms with van der Waals surface area (Å²) in [5, 5.41) is 11.9. The van der Waals surface area contributed by atoms with E-state index in [0.717, 1.165) is 11.2 Å². The van der Waals surface area contributed by atoms with Crippen LogP contribution in [0.25, 0.3) is 11.0 Å². The minimum atomic E-state index is -0.438. The van der Waals surface area contributed by atoms with E-state index in [-0.39, 0.29) is 17.5 Å². The second kappa shape index (κ2) is 8.34. The lowest BCUT2D eigenvalue weighted by atomic mass is 10.2. The normalized spacial score (nSPS) is 11.1. The number of benzene rings is 1. The lowest BCUT2D eigenvalue weighted by Gasteiger charge is -2.11. The molecule has 0 fully saturated rings. The van der Waals surface area contributed by atoms with Crippen LogP contribution in [0.2, 0.25) is 0 Å². The molecule has 0 saturated heterocycles. The van der Waals surface area contributed by atoms with Gasteiger partial charge in [0.05, 0.1) is 18.1 Å². The molecule has 2 heterocycles. The van der Waals surface area contributed by atoms with E-state index >= 15 is 0 Å². The molecule has 0 spiro atoms. The summed E-state index contributed by atoms with van der Waals surface area (Å²) in [6.07, 6.45) is 3.64. The van der Waals surface area contributed by atoms with Crippen LogP contribution in [-0.2, 0) is 6.54 Å². The maximum atomic E-state index is 13.2. The van der Waals surface area contributed by atoms with Crippen LogP contribution in [0.5, 0.6) is 0 Å². The predicted octanol–water partition coefficient (Wildman–Crippen LogP) is 2.94. The standard InChI is InChI=1S/C18H21FN6OS/c1-11(2)22-15-14-10-21-25(16(14)24-18(23-15)27-3)8-7-20-17(26)12-5-4-6-13(19)9-12/h4-6,9-11H,7-8H2,1-3H3,(H,20,26)(H,22,23,24). The molecule has 0 radical (unpaired) electrons. The van der Waals surface area contributed by atoms with Gasteiger partial charge in [-0.1, -0.05) is 17.8 Å². The van der Waals surface area contributed by atoms with E-state index in [4.69, 9.17) is 0 Å². The van der Waals surface area contributed by atoms with Gasteiger partial charge in [-0.15, -0.1) is 0 Å². The van der Waals surface area contributed by atoms with Gasteiger partial charge in [0.1, 0.15) is 11.6 Å². The summed E-state index contributed by atoms with van der Waals surface area (Å²) < 4.78 is 15.0. The first-order valence-corrected chi connectivity index (χ1v) is 9.78. The number of anilines is 1. The van der Waals surface area contributed by atoms with E-state index in [0.29, 0.717) is 23.9 Å². The SMILES string of the molecule is CSc1nc(NC(C)C)c2cnn(CCNC(=O)c3cccc(F)c3)c2n1. The Morgan fingerprint density at radius 1 is 1.33 bits per heavy atom. The van der Waals surface area contributed by atoms with Gasteiger partial charge < -0.3 is 10.6 Å². The van der Waals surface area contributed by atoms with E-state index in [1.165, 1.54) is 30.0 Å². The van der Waals surface area contributed by atoms with E-state index in [2.05, 4.69) is 25.7 Å². The lowest BCUT2D eigenvalue weighted by Crippen LogP contribution is -2.27. The first-order chi connectivity index (χ1) is 13.0. The fourth-order valence-electron chi connectivity index (χ4n) is 2.58. The molecule has 0 atom stereocenters. The van der Waals surface area contributed by atoms with Crippen LogP contribution in [-0.4, -0.2) is 44.5 Å². The number of aromatic nitrogens is 4. The predicted molar refractivity (Wildman–Crippen MR) is 105 cm³/mol. The molecule has 2 aromatic heterocycles. The monoisotopic (exact) mass is 388 g/mol. The molecule has 3 aromatic rings. The van der Waals surface area contributed by atoms with Crippen molar-refractivity contribution in [1.29, 1.82) is 0 Å². The summed E-state index contributed by atoms with van der Waals surface area (Å²) in [6, 6.07) is 5.82. The Balaban J connectivity index is 1.74. The number of hydrogen-bond acceptors (Lipinski definition) is 6. The fourth-order valence-corrected chi connectivity index (χ4v) is 2.94. The van der Waals surface area contributed by atoms with Crippen molar-refractivity contribution in [1.82, 2.24) is 25.1 Å². The van der Waals surface area contributed by atoms with Crippen molar-refractivity contribution in [3.63, 3.8) is 0 Å². The zero-order valence-corrected chi connectivity index (χ0v) is 16.2. The number of hydrogen-bond donors (Lipinski definition) is 2. The van der Waals surface area contributed by atoms with Gasteiger partial charge in [0.15, 0.2) is 10.8 Å². The molecule has 0 bridgehead atoms. The Morgan fingerprint density at radius 3 is 2.85 bits per heavy atom. The Morgan fingerprint density at radius 2 is 2.15 bits per heavy atom. The summed E-state index contributed by atoms with van der Waals surface area (Å²) in [7, 11) is 0. The number of halogens is 1. The molecular formula is C18H21FN6OS. The number of amides is 1. The Hall–Kier alpha value is -2.68. The number of nitrogens with zero attached hydrogens (tertiary/aromatic N) is 4. The third-order valence-electron chi connectivity index (χ3n) is 3.78. The van der Waals surface area contributed by atoms with Crippen molar-refractivity contribution in [2.24, 2.45) is 0 Å². The zero-order chi connectivity index (χ0) is 19.4. The zero-order valence-electron chi connectivity index (χ0n) is 15.4. The average Bonchev–Trinajstić information content (AvgIpc) is 3.04. The van der Waals surface area contributed by atoms with E-state index in [9.17, 15) is 9.18 Å². The van der Waals surface area contributed by atoms with Crippen LogP contribution >= 0.6 is 11.8 Å². The molecule has 0 unspecified atom stereocenters. The van der Waals surface area contributed by atoms with Crippen LogP contribution in [0.3, 0.4) is 0 Å². The molecule has 0 aliphatic rings. The third kappa shape index (κ3) is 4.54. The van der Waals surface area contributed by atoms with Gasteiger partial charge in [-0.3, -0.25) is 4.79 Å². The first kappa shape index (κ1) is 19.1. The summed E-state index contributed by atoms with van der Waals surface area (Å²) >= 11 is 1.46. The molecule has 0 aliphatic carbocycles. The summed E-state index contributed by atoms with van der Waals surface area (Å²) in [5.74, 6) is -0.0193. The van der Waals surface area contributed by atoms with Gasteiger partial charge in [0.2, 0.25) is 0 Å². The topological polar surface area (TPSA) is 84.7 Å². The number of nitrogens with one attached hydrogen (secondary N) is 2. The van der Waals surface area contributed by atoms with Gasteiger partial charge in [-0.05, 0) is 38.3 Å². The smallest absolute Gasteiger partial charge is 0.251 e. The van der Waals surface area contributed by atoms with Crippen LogP contribution in [0.1, 0.15) is 24.2 Å². The molecule has 0 aliphatic heterocycles. The van der Waals surface area contributed by atoms with Crippen LogP contribution in [0.15, 0.2) is 35.6 Å². The number of carbonyl (C=O) groups excluding carboxylic acids is 1. The van der Waals surface area contributed by atoms with Crippen molar-refractivity contribution in [2.75, 3.05) is 18.1 Å². The van der Waals surface area contributed by atoms with Gasteiger partial charge in [-0.25, -0.2) is 19.0 Å². The van der Waals surface area contributed by atoms with Crippen molar-refractivity contribution in [3.05, 3.63) is 41.8 Å². The first-order valence-electron chi connectivity index (χ1n) is 8.55. The molecule has 2 N–H and O–H groups in total. The number of rotatable bonds is 7. The van der Waals surface area contributed by atoms with Crippen LogP contribution in [0, 0.1) is 5.82 Å². The highest BCUT2D eigenvalue weighted by molar-refractivity contribution is 7.98. The van der Waals surface area contributed by atoms with Crippen LogP contribution in [0.4, 0.5) is 10.2 Å². The van der Waals surface area contributed by atoms with Crippen LogP contribution < -0.4 is 10.6 Å². The number of thioether (sulfide) groups is 1. The summed E-state index contributed by atoms with van der Waals surface area (Å²) in [5.41, 5.74) is 0.994. The Kier molecular flexibility index (Phi) is 5.90. The quantitative estimate of drug-likeness (QED) is 0.478. The van der Waals surface area contributed by atoms with Crippen molar-refractivity contribution >= 4 is 34.5 Å².